The summed E-state index contributed by atoms with van der Waals surface area (Å²) in [6.45, 7) is 0. The van der Waals surface area contributed by atoms with Crippen LogP contribution in [0.5, 0.6) is 0 Å². The van der Waals surface area contributed by atoms with Gasteiger partial charge < -0.3 is 10.3 Å². The Hall–Kier alpha value is -1.57. The quantitative estimate of drug-likeness (QED) is 0.499. The Bertz CT molecular complexity index is 483. The third-order valence-electron chi connectivity index (χ3n) is 1.82. The Kier molecular flexibility index (Phi) is 3.46. The Balaban J connectivity index is 3.23. The molecule has 0 radical (unpaired) electrons. The van der Waals surface area contributed by atoms with E-state index in [-0.39, 0.29) is 12.1 Å². The molecule has 1 aromatic heterocycles. The summed E-state index contributed by atoms with van der Waals surface area (Å²) in [4.78, 5) is 22.6. The number of carbonyl (C=O) groups is 1. The molecule has 0 aliphatic heterocycles. The number of pyridine rings is 1. The molecule has 17 heavy (non-hydrogen) atoms. The van der Waals surface area contributed by atoms with Crippen molar-refractivity contribution in [2.24, 2.45) is 0 Å². The van der Waals surface area contributed by atoms with Gasteiger partial charge in [-0.25, -0.2) is 0 Å². The number of carbonyl (C=O) groups excluding carboxylic acids is 1. The molecule has 0 aromatic carbocycles. The van der Waals surface area contributed by atoms with Crippen LogP contribution in [-0.2, 0) is 10.7 Å². The van der Waals surface area contributed by atoms with Crippen LogP contribution in [-0.4, -0.2) is 16.8 Å². The summed E-state index contributed by atoms with van der Waals surface area (Å²) in [7, 11) is 0. The van der Waals surface area contributed by atoms with Gasteiger partial charge in [-0.2, -0.15) is 17.6 Å². The van der Waals surface area contributed by atoms with Gasteiger partial charge in [-0.15, -0.1) is 0 Å². The van der Waals surface area contributed by atoms with Crippen molar-refractivity contribution < 1.29 is 22.4 Å². The molecule has 4 nitrogen and oxygen atoms in total. The van der Waals surface area contributed by atoms with Gasteiger partial charge >= 0.3 is 11.3 Å². The molecule has 0 spiro atoms. The van der Waals surface area contributed by atoms with Crippen molar-refractivity contribution in [2.45, 2.75) is 11.3 Å². The molecule has 2 N–H and O–H groups in total. The van der Waals surface area contributed by atoms with Crippen molar-refractivity contribution in [3.05, 3.63) is 28.2 Å². The van der Waals surface area contributed by atoms with Crippen LogP contribution in [0.1, 0.15) is 5.69 Å². The first kappa shape index (κ1) is 13.5. The molecule has 1 rings (SSSR count). The van der Waals surface area contributed by atoms with Gasteiger partial charge in [-0.05, 0) is 23.7 Å². The smallest absolute Gasteiger partial charge is 0.324 e. The SMILES string of the molecule is O=CNc1ccc(C(F)(F)C(F)(F)Cl)[nH]c1=O. The lowest BCUT2D eigenvalue weighted by atomic mass is 10.2. The summed E-state index contributed by atoms with van der Waals surface area (Å²) < 4.78 is 50.8. The van der Waals surface area contributed by atoms with E-state index in [0.717, 1.165) is 6.07 Å². The van der Waals surface area contributed by atoms with Gasteiger partial charge in [0.25, 0.3) is 5.56 Å². The monoisotopic (exact) mass is 272 g/mol. The van der Waals surface area contributed by atoms with Crippen LogP contribution in [0.4, 0.5) is 23.2 Å². The zero-order valence-corrected chi connectivity index (χ0v) is 8.69. The number of aromatic amines is 1. The number of amides is 1. The third-order valence-corrected chi connectivity index (χ3v) is 2.06. The normalized spacial score (nSPS) is 12.3. The van der Waals surface area contributed by atoms with Crippen LogP contribution < -0.4 is 10.9 Å². The molecular weight excluding hydrogens is 268 g/mol. The van der Waals surface area contributed by atoms with Crippen LogP contribution in [0, 0.1) is 0 Å². The largest absolute Gasteiger partial charge is 0.390 e. The van der Waals surface area contributed by atoms with Crippen LogP contribution in [0.25, 0.3) is 0 Å². The second kappa shape index (κ2) is 4.36. The first-order valence-corrected chi connectivity index (χ1v) is 4.46. The van der Waals surface area contributed by atoms with Gasteiger partial charge in [0.1, 0.15) is 5.69 Å². The lowest BCUT2D eigenvalue weighted by molar-refractivity contribution is -0.166. The number of halogens is 5. The topological polar surface area (TPSA) is 62.0 Å². The molecule has 0 unspecified atom stereocenters. The van der Waals surface area contributed by atoms with Crippen molar-refractivity contribution in [1.29, 1.82) is 0 Å². The van der Waals surface area contributed by atoms with E-state index in [0.29, 0.717) is 6.07 Å². The summed E-state index contributed by atoms with van der Waals surface area (Å²) >= 11 is 4.24. The van der Waals surface area contributed by atoms with E-state index < -0.39 is 22.6 Å². The molecule has 0 aliphatic carbocycles. The van der Waals surface area contributed by atoms with E-state index in [2.05, 4.69) is 11.6 Å². The lowest BCUT2D eigenvalue weighted by Gasteiger charge is -2.20. The van der Waals surface area contributed by atoms with E-state index in [1.54, 1.807) is 0 Å². The van der Waals surface area contributed by atoms with Crippen molar-refractivity contribution >= 4 is 23.7 Å². The molecule has 0 atom stereocenters. The Morgan fingerprint density at radius 2 is 1.88 bits per heavy atom. The molecule has 0 bridgehead atoms. The average Bonchev–Trinajstić information content (AvgIpc) is 2.19. The van der Waals surface area contributed by atoms with Gasteiger partial charge in [0.15, 0.2) is 0 Å². The second-order valence-electron chi connectivity index (χ2n) is 2.95. The minimum Gasteiger partial charge on any atom is -0.324 e. The number of hydrogen-bond acceptors (Lipinski definition) is 2. The number of alkyl halides is 5. The molecule has 1 aromatic rings. The highest BCUT2D eigenvalue weighted by atomic mass is 35.5. The van der Waals surface area contributed by atoms with Crippen LogP contribution >= 0.6 is 11.6 Å². The summed E-state index contributed by atoms with van der Waals surface area (Å²) in [5.41, 5.74) is -2.84. The number of nitrogens with one attached hydrogen (secondary N) is 2. The summed E-state index contributed by atoms with van der Waals surface area (Å²) in [5.74, 6) is -4.73. The maximum absolute atomic E-state index is 13.0. The van der Waals surface area contributed by atoms with Crippen molar-refractivity contribution in [3.8, 4) is 0 Å². The van der Waals surface area contributed by atoms with Crippen molar-refractivity contribution in [1.82, 2.24) is 4.98 Å². The van der Waals surface area contributed by atoms with E-state index >= 15 is 0 Å². The van der Waals surface area contributed by atoms with Gasteiger partial charge in [0.05, 0.1) is 5.69 Å². The fourth-order valence-electron chi connectivity index (χ4n) is 0.987. The van der Waals surface area contributed by atoms with E-state index in [9.17, 15) is 27.2 Å². The molecule has 1 amide bonds. The van der Waals surface area contributed by atoms with Crippen LogP contribution in [0.2, 0.25) is 0 Å². The van der Waals surface area contributed by atoms with E-state index in [1.807, 2.05) is 5.32 Å². The Morgan fingerprint density at radius 3 is 2.29 bits per heavy atom. The Morgan fingerprint density at radius 1 is 1.29 bits per heavy atom. The predicted octanol–water partition coefficient (Wildman–Crippen LogP) is 1.87. The van der Waals surface area contributed by atoms with E-state index in [4.69, 9.17) is 0 Å². The highest BCUT2D eigenvalue weighted by molar-refractivity contribution is 6.22. The molecule has 1 heterocycles. The fourth-order valence-corrected chi connectivity index (χ4v) is 1.09. The summed E-state index contributed by atoms with van der Waals surface area (Å²) in [5, 5.41) is -2.93. The number of H-pyrrole nitrogens is 1. The maximum atomic E-state index is 13.0. The summed E-state index contributed by atoms with van der Waals surface area (Å²) in [6.07, 6.45) is 0.137. The Labute approximate surface area is 96.6 Å². The molecule has 9 heteroatoms. The first-order valence-electron chi connectivity index (χ1n) is 4.08. The van der Waals surface area contributed by atoms with Gasteiger partial charge in [0, 0.05) is 0 Å². The van der Waals surface area contributed by atoms with Gasteiger partial charge in [-0.1, -0.05) is 0 Å². The number of hydrogen-bond donors (Lipinski definition) is 2. The molecule has 0 saturated heterocycles. The molecule has 0 fully saturated rings. The summed E-state index contributed by atoms with van der Waals surface area (Å²) in [6, 6.07) is 1.29. The second-order valence-corrected chi connectivity index (χ2v) is 3.42. The highest BCUT2D eigenvalue weighted by Crippen LogP contribution is 2.44. The minimum atomic E-state index is -4.84. The third kappa shape index (κ3) is 2.57. The molecule has 94 valence electrons. The van der Waals surface area contributed by atoms with Crippen molar-refractivity contribution in [2.75, 3.05) is 5.32 Å². The minimum absolute atomic E-state index is 0.137. The number of anilines is 1. The van der Waals surface area contributed by atoms with Gasteiger partial charge in [-0.3, -0.25) is 9.59 Å². The standard InChI is InChI=1S/C8H5ClF4N2O2/c9-8(12,13)7(10,11)5-2-1-4(14-3-16)6(17)15-5/h1-3H,(H,14,16)(H,15,17). The lowest BCUT2D eigenvalue weighted by Crippen LogP contribution is -2.35. The highest BCUT2D eigenvalue weighted by Gasteiger charge is 2.57. The number of rotatable bonds is 4. The average molecular weight is 273 g/mol. The predicted molar refractivity (Wildman–Crippen MR) is 51.4 cm³/mol. The maximum Gasteiger partial charge on any atom is 0.390 e. The first-order chi connectivity index (χ1) is 7.70. The van der Waals surface area contributed by atoms with Crippen LogP contribution in [0.15, 0.2) is 16.9 Å². The fraction of sp³-hybridized carbons (Fsp3) is 0.250. The van der Waals surface area contributed by atoms with Crippen molar-refractivity contribution in [3.63, 3.8) is 0 Å². The zero-order chi connectivity index (χ0) is 13.3. The molecule has 0 aliphatic rings. The van der Waals surface area contributed by atoms with Crippen LogP contribution in [0.3, 0.4) is 0 Å². The van der Waals surface area contributed by atoms with E-state index in [1.165, 1.54) is 4.98 Å². The molecular formula is C8H5ClF4N2O2. The zero-order valence-electron chi connectivity index (χ0n) is 7.94. The number of aromatic nitrogens is 1. The van der Waals surface area contributed by atoms with Gasteiger partial charge in [0.2, 0.25) is 6.41 Å². The molecule has 0 saturated carbocycles.